The molecule has 2 rings (SSSR count). The smallest absolute Gasteiger partial charge is 0.0810 e. The van der Waals surface area contributed by atoms with Crippen LogP contribution < -0.4 is 0 Å². The first-order chi connectivity index (χ1) is 6.11. The van der Waals surface area contributed by atoms with Crippen LogP contribution in [0.5, 0.6) is 0 Å². The molecule has 0 saturated carbocycles. The maximum absolute atomic E-state index is 4.51. The molecule has 0 unspecified atom stereocenters. The Bertz CT molecular complexity index is 366. The summed E-state index contributed by atoms with van der Waals surface area (Å²) in [5, 5.41) is 0. The number of halogens is 1. The Hall–Kier alpha value is -0.630. The summed E-state index contributed by atoms with van der Waals surface area (Å²) in [6.07, 6.45) is 2.97. The zero-order valence-corrected chi connectivity index (χ0v) is 9.43. The van der Waals surface area contributed by atoms with Gasteiger partial charge in [0, 0.05) is 17.1 Å². The van der Waals surface area contributed by atoms with Gasteiger partial charge in [0.1, 0.15) is 0 Å². The van der Waals surface area contributed by atoms with E-state index < -0.39 is 0 Å². The third-order valence-electron chi connectivity index (χ3n) is 2.44. The van der Waals surface area contributed by atoms with Crippen LogP contribution in [0.3, 0.4) is 0 Å². The minimum atomic E-state index is -0.0757. The van der Waals surface area contributed by atoms with Gasteiger partial charge < -0.3 is 0 Å². The fourth-order valence-electron chi connectivity index (χ4n) is 1.86. The quantitative estimate of drug-likeness (QED) is 0.657. The molecule has 1 aliphatic heterocycles. The van der Waals surface area contributed by atoms with E-state index in [1.54, 1.807) is 0 Å². The van der Waals surface area contributed by atoms with E-state index in [1.165, 1.54) is 15.6 Å². The lowest BCUT2D eigenvalue weighted by Crippen LogP contribution is -2.21. The first-order valence-corrected chi connectivity index (χ1v) is 5.22. The average molecular weight is 238 g/mol. The molecule has 0 N–H and O–H groups in total. The van der Waals surface area contributed by atoms with Crippen molar-refractivity contribution in [3.63, 3.8) is 0 Å². The molecule has 0 aliphatic carbocycles. The monoisotopic (exact) mass is 237 g/mol. The standard InChI is InChI=1S/C11H12BrN/c1-11(2)10-8(6-7-13-11)4-3-5-9(10)12/h3-5,7H,6H2,1-2H3. The molecular weight excluding hydrogens is 226 g/mol. The molecule has 68 valence electrons. The van der Waals surface area contributed by atoms with Gasteiger partial charge in [-0.1, -0.05) is 28.1 Å². The van der Waals surface area contributed by atoms with Crippen LogP contribution in [0, 0.1) is 0 Å². The highest BCUT2D eigenvalue weighted by Crippen LogP contribution is 2.36. The number of benzene rings is 1. The molecule has 0 bridgehead atoms. The molecular formula is C11H12BrN. The van der Waals surface area contributed by atoms with Crippen LogP contribution in [0.25, 0.3) is 0 Å². The van der Waals surface area contributed by atoms with E-state index in [4.69, 9.17) is 0 Å². The summed E-state index contributed by atoms with van der Waals surface area (Å²) in [5.74, 6) is 0. The van der Waals surface area contributed by atoms with E-state index in [1.807, 2.05) is 6.21 Å². The van der Waals surface area contributed by atoms with Crippen LogP contribution >= 0.6 is 15.9 Å². The van der Waals surface area contributed by atoms with Crippen molar-refractivity contribution in [1.82, 2.24) is 0 Å². The lowest BCUT2D eigenvalue weighted by atomic mass is 9.87. The van der Waals surface area contributed by atoms with Gasteiger partial charge in [0.05, 0.1) is 5.54 Å². The summed E-state index contributed by atoms with van der Waals surface area (Å²) in [7, 11) is 0. The van der Waals surface area contributed by atoms with Gasteiger partial charge in [-0.05, 0) is 31.0 Å². The number of hydrogen-bond acceptors (Lipinski definition) is 1. The molecule has 1 aromatic carbocycles. The van der Waals surface area contributed by atoms with E-state index in [-0.39, 0.29) is 5.54 Å². The number of rotatable bonds is 0. The molecule has 1 heterocycles. The van der Waals surface area contributed by atoms with E-state index in [0.717, 1.165) is 6.42 Å². The Labute approximate surface area is 87.0 Å². The summed E-state index contributed by atoms with van der Waals surface area (Å²) < 4.78 is 1.17. The second-order valence-corrected chi connectivity index (χ2v) is 4.70. The fraction of sp³-hybridized carbons (Fsp3) is 0.364. The predicted octanol–water partition coefficient (Wildman–Crippen LogP) is 3.31. The van der Waals surface area contributed by atoms with Gasteiger partial charge in [-0.15, -0.1) is 0 Å². The lowest BCUT2D eigenvalue weighted by molar-refractivity contribution is 0.544. The van der Waals surface area contributed by atoms with Crippen molar-refractivity contribution in [2.75, 3.05) is 0 Å². The highest BCUT2D eigenvalue weighted by molar-refractivity contribution is 9.10. The number of nitrogens with zero attached hydrogens (tertiary/aromatic N) is 1. The number of hydrogen-bond donors (Lipinski definition) is 0. The minimum absolute atomic E-state index is 0.0757. The van der Waals surface area contributed by atoms with Crippen LogP contribution in [0.2, 0.25) is 0 Å². The summed E-state index contributed by atoms with van der Waals surface area (Å²) in [6.45, 7) is 4.29. The van der Waals surface area contributed by atoms with Crippen LogP contribution in [-0.4, -0.2) is 6.21 Å². The van der Waals surface area contributed by atoms with Gasteiger partial charge >= 0.3 is 0 Å². The Morgan fingerprint density at radius 1 is 1.38 bits per heavy atom. The zero-order chi connectivity index (χ0) is 9.47. The van der Waals surface area contributed by atoms with Crippen LogP contribution in [-0.2, 0) is 12.0 Å². The van der Waals surface area contributed by atoms with Gasteiger partial charge in [0.2, 0.25) is 0 Å². The maximum atomic E-state index is 4.51. The largest absolute Gasteiger partial charge is 0.286 e. The third-order valence-corrected chi connectivity index (χ3v) is 3.10. The molecule has 0 spiro atoms. The first-order valence-electron chi connectivity index (χ1n) is 4.43. The van der Waals surface area contributed by atoms with Crippen molar-refractivity contribution in [2.24, 2.45) is 4.99 Å². The van der Waals surface area contributed by atoms with Crippen LogP contribution in [0.15, 0.2) is 27.7 Å². The molecule has 0 saturated heterocycles. The van der Waals surface area contributed by atoms with Crippen molar-refractivity contribution in [1.29, 1.82) is 0 Å². The second-order valence-electron chi connectivity index (χ2n) is 3.85. The van der Waals surface area contributed by atoms with Crippen molar-refractivity contribution in [2.45, 2.75) is 25.8 Å². The average Bonchev–Trinajstić information content (AvgIpc) is 2.02. The molecule has 0 amide bonds. The van der Waals surface area contributed by atoms with E-state index in [2.05, 4.69) is 53.0 Å². The summed E-state index contributed by atoms with van der Waals surface area (Å²) in [4.78, 5) is 4.51. The van der Waals surface area contributed by atoms with Crippen LogP contribution in [0.1, 0.15) is 25.0 Å². The van der Waals surface area contributed by atoms with Crippen molar-refractivity contribution in [3.8, 4) is 0 Å². The maximum Gasteiger partial charge on any atom is 0.0810 e. The van der Waals surface area contributed by atoms with E-state index in [9.17, 15) is 0 Å². The van der Waals surface area contributed by atoms with Crippen molar-refractivity contribution < 1.29 is 0 Å². The zero-order valence-electron chi connectivity index (χ0n) is 7.84. The second kappa shape index (κ2) is 2.95. The van der Waals surface area contributed by atoms with Gasteiger partial charge in [0.25, 0.3) is 0 Å². The molecule has 0 radical (unpaired) electrons. The third kappa shape index (κ3) is 1.44. The summed E-state index contributed by atoms with van der Waals surface area (Å²) in [5.41, 5.74) is 2.64. The van der Waals surface area contributed by atoms with Gasteiger partial charge in [-0.3, -0.25) is 4.99 Å². The van der Waals surface area contributed by atoms with Gasteiger partial charge in [-0.25, -0.2) is 0 Å². The van der Waals surface area contributed by atoms with Crippen LogP contribution in [0.4, 0.5) is 0 Å². The Balaban J connectivity index is 2.66. The van der Waals surface area contributed by atoms with E-state index >= 15 is 0 Å². The van der Waals surface area contributed by atoms with Gasteiger partial charge in [0.15, 0.2) is 0 Å². The highest BCUT2D eigenvalue weighted by atomic mass is 79.9. The fourth-order valence-corrected chi connectivity index (χ4v) is 2.75. The number of fused-ring (bicyclic) bond motifs is 1. The molecule has 0 atom stereocenters. The molecule has 0 aromatic heterocycles. The molecule has 13 heavy (non-hydrogen) atoms. The Morgan fingerprint density at radius 2 is 2.15 bits per heavy atom. The van der Waals surface area contributed by atoms with Crippen molar-refractivity contribution >= 4 is 22.1 Å². The van der Waals surface area contributed by atoms with Gasteiger partial charge in [-0.2, -0.15) is 0 Å². The van der Waals surface area contributed by atoms with Crippen molar-refractivity contribution in [3.05, 3.63) is 33.8 Å². The number of aliphatic imine (C=N–C) groups is 1. The Kier molecular flexibility index (Phi) is 2.03. The highest BCUT2D eigenvalue weighted by Gasteiger charge is 2.26. The molecule has 1 aliphatic rings. The normalized spacial score (nSPS) is 18.4. The molecule has 0 fully saturated rings. The SMILES string of the molecule is CC1(C)N=CCc2cccc(Br)c21. The first kappa shape index (κ1) is 8.95. The summed E-state index contributed by atoms with van der Waals surface area (Å²) >= 11 is 3.58. The molecule has 2 heteroatoms. The van der Waals surface area contributed by atoms with E-state index in [0.29, 0.717) is 0 Å². The molecule has 1 nitrogen and oxygen atoms in total. The predicted molar refractivity (Wildman–Crippen MR) is 59.4 cm³/mol. The summed E-state index contributed by atoms with van der Waals surface area (Å²) in [6, 6.07) is 6.34. The lowest BCUT2D eigenvalue weighted by Gasteiger charge is -2.28. The topological polar surface area (TPSA) is 12.4 Å². The minimum Gasteiger partial charge on any atom is -0.286 e. The molecule has 1 aromatic rings. The Morgan fingerprint density at radius 3 is 2.85 bits per heavy atom.